The predicted molar refractivity (Wildman–Crippen MR) is 277 cm³/mol. The Labute approximate surface area is 384 Å². The highest BCUT2D eigenvalue weighted by Crippen LogP contribution is 2.51. The lowest BCUT2D eigenvalue weighted by Gasteiger charge is -2.28. The van der Waals surface area contributed by atoms with E-state index in [1.165, 1.54) is 72.0 Å². The molecule has 1 aliphatic carbocycles. The maximum absolute atomic E-state index is 6.46. The first-order chi connectivity index (χ1) is 32.5. The van der Waals surface area contributed by atoms with Gasteiger partial charge in [0.1, 0.15) is 11.2 Å². The number of aromatic nitrogens is 1. The maximum atomic E-state index is 6.46. The summed E-state index contributed by atoms with van der Waals surface area (Å²) < 4.78 is 8.87. The van der Waals surface area contributed by atoms with Crippen LogP contribution in [0.1, 0.15) is 25.0 Å². The van der Waals surface area contributed by atoms with Crippen LogP contribution < -0.4 is 4.90 Å². The second kappa shape index (κ2) is 14.8. The number of fused-ring (bicyclic) bond motifs is 9. The van der Waals surface area contributed by atoms with Crippen molar-refractivity contribution in [2.45, 2.75) is 19.3 Å². The SMILES string of the molecule is CC1(C)c2ccccc2-c2ccc(N(c3ccc(-c4ccc(-c5ccccc5-n5c6ccccc6c6ccccc65)cc4)cc3)c3ccc(-c4cccc5c4oc4ccccc45)cc3)cc21. The van der Waals surface area contributed by atoms with Crippen LogP contribution in [-0.2, 0) is 5.41 Å². The molecule has 66 heavy (non-hydrogen) atoms. The molecule has 3 nitrogen and oxygen atoms in total. The number of rotatable bonds is 7. The van der Waals surface area contributed by atoms with Gasteiger partial charge >= 0.3 is 0 Å². The first-order valence-corrected chi connectivity index (χ1v) is 22.8. The van der Waals surface area contributed by atoms with Crippen LogP contribution >= 0.6 is 0 Å². The van der Waals surface area contributed by atoms with Gasteiger partial charge in [0.05, 0.1) is 16.7 Å². The molecule has 0 spiro atoms. The highest BCUT2D eigenvalue weighted by Gasteiger charge is 2.35. The summed E-state index contributed by atoms with van der Waals surface area (Å²) in [4.78, 5) is 2.39. The summed E-state index contributed by atoms with van der Waals surface area (Å²) in [7, 11) is 0. The molecule has 0 radical (unpaired) electrons. The Balaban J connectivity index is 0.868. The molecule has 0 saturated heterocycles. The molecule has 2 aromatic heterocycles. The highest BCUT2D eigenvalue weighted by molar-refractivity contribution is 6.11. The van der Waals surface area contributed by atoms with Gasteiger partial charge in [0.25, 0.3) is 0 Å². The van der Waals surface area contributed by atoms with Crippen LogP contribution in [-0.4, -0.2) is 4.57 Å². The third-order valence-corrected chi connectivity index (χ3v) is 14.0. The van der Waals surface area contributed by atoms with E-state index in [1.807, 2.05) is 12.1 Å². The van der Waals surface area contributed by atoms with Gasteiger partial charge in [-0.3, -0.25) is 0 Å². The van der Waals surface area contributed by atoms with Gasteiger partial charge in [-0.25, -0.2) is 0 Å². The van der Waals surface area contributed by atoms with Crippen molar-refractivity contribution < 1.29 is 4.42 Å². The van der Waals surface area contributed by atoms with Crippen LogP contribution in [0.15, 0.2) is 235 Å². The molecule has 0 atom stereocenters. The molecule has 312 valence electrons. The number of benzene rings is 10. The van der Waals surface area contributed by atoms with Crippen molar-refractivity contribution in [2.75, 3.05) is 4.90 Å². The van der Waals surface area contributed by atoms with E-state index in [-0.39, 0.29) is 5.41 Å². The number of para-hydroxylation sites is 5. The second-order valence-electron chi connectivity index (χ2n) is 18.1. The minimum absolute atomic E-state index is 0.122. The van der Waals surface area contributed by atoms with E-state index in [4.69, 9.17) is 4.42 Å². The zero-order chi connectivity index (χ0) is 43.9. The number of anilines is 3. The van der Waals surface area contributed by atoms with Crippen molar-refractivity contribution in [3.8, 4) is 50.2 Å². The van der Waals surface area contributed by atoms with Gasteiger partial charge in [0.15, 0.2) is 0 Å². The van der Waals surface area contributed by atoms with Crippen molar-refractivity contribution in [1.29, 1.82) is 0 Å². The monoisotopic (exact) mass is 844 g/mol. The fourth-order valence-corrected chi connectivity index (χ4v) is 10.8. The molecule has 0 unspecified atom stereocenters. The smallest absolute Gasteiger partial charge is 0.143 e. The quantitative estimate of drug-likeness (QED) is 0.159. The van der Waals surface area contributed by atoms with E-state index in [1.54, 1.807) is 0 Å². The van der Waals surface area contributed by atoms with E-state index in [0.29, 0.717) is 0 Å². The van der Waals surface area contributed by atoms with E-state index in [0.717, 1.165) is 50.1 Å². The van der Waals surface area contributed by atoms with Crippen LogP contribution in [0.25, 0.3) is 93.9 Å². The molecule has 0 bridgehead atoms. The van der Waals surface area contributed by atoms with Crippen LogP contribution in [0, 0.1) is 0 Å². The largest absolute Gasteiger partial charge is 0.455 e. The van der Waals surface area contributed by atoms with Crippen molar-refractivity contribution in [3.63, 3.8) is 0 Å². The Bertz CT molecular complexity index is 3780. The van der Waals surface area contributed by atoms with Crippen molar-refractivity contribution in [3.05, 3.63) is 242 Å². The molecular formula is C63H44N2O. The summed E-state index contributed by atoms with van der Waals surface area (Å²) in [6, 6.07) is 83.8. The first kappa shape index (κ1) is 38.1. The van der Waals surface area contributed by atoms with Gasteiger partial charge in [-0.15, -0.1) is 0 Å². The van der Waals surface area contributed by atoms with Crippen LogP contribution in [0.4, 0.5) is 17.1 Å². The Morgan fingerprint density at radius 2 is 0.848 bits per heavy atom. The molecule has 0 fully saturated rings. The van der Waals surface area contributed by atoms with Gasteiger partial charge in [-0.05, 0) is 105 Å². The van der Waals surface area contributed by atoms with Crippen molar-refractivity contribution in [2.24, 2.45) is 0 Å². The average Bonchev–Trinajstić information content (AvgIpc) is 4.00. The van der Waals surface area contributed by atoms with E-state index in [2.05, 4.69) is 242 Å². The molecule has 0 N–H and O–H groups in total. The Kier molecular flexibility index (Phi) is 8.56. The Morgan fingerprint density at radius 3 is 1.56 bits per heavy atom. The minimum atomic E-state index is -0.122. The first-order valence-electron chi connectivity index (χ1n) is 22.8. The predicted octanol–water partition coefficient (Wildman–Crippen LogP) is 17.5. The van der Waals surface area contributed by atoms with E-state index >= 15 is 0 Å². The normalized spacial score (nSPS) is 12.8. The average molecular weight is 845 g/mol. The summed E-state index contributed by atoms with van der Waals surface area (Å²) in [5, 5.41) is 4.80. The Morgan fingerprint density at radius 1 is 0.364 bits per heavy atom. The molecule has 0 amide bonds. The third kappa shape index (κ3) is 5.90. The Hall–Kier alpha value is -8.40. The van der Waals surface area contributed by atoms with Crippen molar-refractivity contribution in [1.82, 2.24) is 4.57 Å². The molecule has 13 rings (SSSR count). The summed E-state index contributed by atoms with van der Waals surface area (Å²) in [6.45, 7) is 4.70. The summed E-state index contributed by atoms with van der Waals surface area (Å²) in [5.74, 6) is 0. The van der Waals surface area contributed by atoms with Gasteiger partial charge in [0.2, 0.25) is 0 Å². The van der Waals surface area contributed by atoms with Crippen molar-refractivity contribution >= 4 is 60.8 Å². The number of nitrogens with zero attached hydrogens (tertiary/aromatic N) is 2. The lowest BCUT2D eigenvalue weighted by atomic mass is 9.82. The molecule has 1 aliphatic rings. The molecule has 3 heteroatoms. The maximum Gasteiger partial charge on any atom is 0.143 e. The third-order valence-electron chi connectivity index (χ3n) is 14.0. The lowest BCUT2D eigenvalue weighted by molar-refractivity contribution is 0.660. The highest BCUT2D eigenvalue weighted by atomic mass is 16.3. The van der Waals surface area contributed by atoms with Crippen LogP contribution in [0.3, 0.4) is 0 Å². The lowest BCUT2D eigenvalue weighted by Crippen LogP contribution is -2.16. The number of furan rings is 1. The molecule has 2 heterocycles. The fourth-order valence-electron chi connectivity index (χ4n) is 10.8. The summed E-state index contributed by atoms with van der Waals surface area (Å²) in [6.07, 6.45) is 0. The molecule has 12 aromatic rings. The number of hydrogen-bond acceptors (Lipinski definition) is 2. The van der Waals surface area contributed by atoms with Gasteiger partial charge in [-0.1, -0.05) is 184 Å². The standard InChI is InChI=1S/C63H44N2O/c1-63(2)56-21-8-3-15-50(56)51-39-38-47(40-57(51)63)64(46-36-32-44(33-37-46)49-19-13-20-55-54-18-7-12-25-61(54)66-62(49)55)45-34-30-42(31-35-45)41-26-28-43(29-27-41)48-14-4-9-22-58(48)65-59-23-10-5-16-52(59)53-17-6-11-24-60(53)65/h3-40H,1-2H3. The fraction of sp³-hybridized carbons (Fsp3) is 0.0476. The van der Waals surface area contributed by atoms with Gasteiger partial charge in [0, 0.05) is 55.1 Å². The van der Waals surface area contributed by atoms with Crippen LogP contribution in [0.5, 0.6) is 0 Å². The zero-order valence-electron chi connectivity index (χ0n) is 36.7. The molecular weight excluding hydrogens is 801 g/mol. The molecule has 0 saturated carbocycles. The minimum Gasteiger partial charge on any atom is -0.455 e. The van der Waals surface area contributed by atoms with Gasteiger partial charge < -0.3 is 13.9 Å². The molecule has 10 aromatic carbocycles. The zero-order valence-corrected chi connectivity index (χ0v) is 36.7. The summed E-state index contributed by atoms with van der Waals surface area (Å²) in [5.41, 5.74) is 20.9. The van der Waals surface area contributed by atoms with E-state index < -0.39 is 0 Å². The second-order valence-corrected chi connectivity index (χ2v) is 18.1. The van der Waals surface area contributed by atoms with Crippen LogP contribution in [0.2, 0.25) is 0 Å². The summed E-state index contributed by atoms with van der Waals surface area (Å²) >= 11 is 0. The van der Waals surface area contributed by atoms with E-state index in [9.17, 15) is 0 Å². The van der Waals surface area contributed by atoms with Gasteiger partial charge in [-0.2, -0.15) is 0 Å². The molecule has 0 aliphatic heterocycles. The number of hydrogen-bond donors (Lipinski definition) is 0. The topological polar surface area (TPSA) is 21.3 Å².